The van der Waals surface area contributed by atoms with E-state index in [4.69, 9.17) is 5.11 Å². The van der Waals surface area contributed by atoms with Crippen LogP contribution in [0.4, 0.5) is 0 Å². The van der Waals surface area contributed by atoms with Gasteiger partial charge in [-0.15, -0.1) is 6.58 Å². The molecule has 0 aliphatic carbocycles. The molecule has 68 valence electrons. The molecule has 0 rings (SSSR count). The van der Waals surface area contributed by atoms with E-state index in [-0.39, 0.29) is 12.2 Å². The number of ketones is 1. The lowest BCUT2D eigenvalue weighted by atomic mass is 9.78. The summed E-state index contributed by atoms with van der Waals surface area (Å²) < 4.78 is 0. The number of aliphatic carboxylic acids is 1. The minimum atomic E-state index is -1.25. The van der Waals surface area contributed by atoms with E-state index in [1.807, 2.05) is 0 Å². The van der Waals surface area contributed by atoms with Gasteiger partial charge < -0.3 is 5.11 Å². The number of hydrogen-bond acceptors (Lipinski definition) is 2. The van der Waals surface area contributed by atoms with E-state index < -0.39 is 11.4 Å². The lowest BCUT2D eigenvalue weighted by Gasteiger charge is -2.22. The number of carbonyl (C=O) groups excluding carboxylic acids is 1. The van der Waals surface area contributed by atoms with Crippen LogP contribution in [0.2, 0.25) is 0 Å². The zero-order valence-electron chi connectivity index (χ0n) is 7.46. The van der Waals surface area contributed by atoms with Gasteiger partial charge in [0.25, 0.3) is 0 Å². The van der Waals surface area contributed by atoms with Crippen molar-refractivity contribution in [3.63, 3.8) is 0 Å². The molecule has 12 heavy (non-hydrogen) atoms. The van der Waals surface area contributed by atoms with Gasteiger partial charge in [-0.3, -0.25) is 9.59 Å². The lowest BCUT2D eigenvalue weighted by molar-refractivity contribution is -0.154. The Hall–Kier alpha value is -1.12. The minimum absolute atomic E-state index is 0.203. The smallest absolute Gasteiger partial charge is 0.317 e. The van der Waals surface area contributed by atoms with E-state index in [1.165, 1.54) is 13.0 Å². The molecule has 0 fully saturated rings. The van der Waals surface area contributed by atoms with Crippen LogP contribution in [0, 0.1) is 5.41 Å². The predicted octanol–water partition coefficient (Wildman–Crippen LogP) is 1.63. The predicted molar refractivity (Wildman–Crippen MR) is 45.9 cm³/mol. The van der Waals surface area contributed by atoms with E-state index >= 15 is 0 Å². The number of Topliss-reactive ketones (excluding diaryl/α,β-unsaturated/α-hetero) is 1. The first-order chi connectivity index (χ1) is 5.51. The number of allylic oxidation sites excluding steroid dienone is 1. The Morgan fingerprint density at radius 1 is 1.58 bits per heavy atom. The summed E-state index contributed by atoms with van der Waals surface area (Å²) >= 11 is 0. The average Bonchev–Trinajstić information content (AvgIpc) is 1.98. The van der Waals surface area contributed by atoms with Gasteiger partial charge in [0.15, 0.2) is 0 Å². The van der Waals surface area contributed by atoms with Crippen molar-refractivity contribution in [1.82, 2.24) is 0 Å². The summed E-state index contributed by atoms with van der Waals surface area (Å²) in [7, 11) is 0. The van der Waals surface area contributed by atoms with E-state index in [0.29, 0.717) is 6.42 Å². The van der Waals surface area contributed by atoms with Gasteiger partial charge in [0.2, 0.25) is 0 Å². The Bertz CT molecular complexity index is 192. The molecule has 0 aromatic carbocycles. The molecule has 0 aliphatic rings. The molecule has 0 radical (unpaired) electrons. The van der Waals surface area contributed by atoms with E-state index in [9.17, 15) is 9.59 Å². The summed E-state index contributed by atoms with van der Waals surface area (Å²) in [6, 6.07) is 0. The van der Waals surface area contributed by atoms with Gasteiger partial charge in [-0.1, -0.05) is 13.0 Å². The molecule has 3 heteroatoms. The molecule has 0 aromatic heterocycles. The van der Waals surface area contributed by atoms with Gasteiger partial charge in [-0.2, -0.15) is 0 Å². The van der Waals surface area contributed by atoms with Gasteiger partial charge >= 0.3 is 5.97 Å². The van der Waals surface area contributed by atoms with E-state index in [0.717, 1.165) is 0 Å². The van der Waals surface area contributed by atoms with Crippen molar-refractivity contribution in [2.45, 2.75) is 26.7 Å². The van der Waals surface area contributed by atoms with Crippen molar-refractivity contribution in [3.8, 4) is 0 Å². The first-order valence-electron chi connectivity index (χ1n) is 3.86. The van der Waals surface area contributed by atoms with Crippen molar-refractivity contribution >= 4 is 11.8 Å². The second-order valence-electron chi connectivity index (χ2n) is 2.79. The van der Waals surface area contributed by atoms with E-state index in [2.05, 4.69) is 6.58 Å². The molecule has 0 spiro atoms. The number of carboxylic acids is 1. The average molecular weight is 170 g/mol. The maximum atomic E-state index is 11.1. The van der Waals surface area contributed by atoms with Crippen LogP contribution in [-0.2, 0) is 9.59 Å². The lowest BCUT2D eigenvalue weighted by Crippen LogP contribution is -2.36. The monoisotopic (exact) mass is 170 g/mol. The van der Waals surface area contributed by atoms with Crippen LogP contribution in [-0.4, -0.2) is 16.9 Å². The number of hydrogen-bond donors (Lipinski definition) is 1. The van der Waals surface area contributed by atoms with Gasteiger partial charge in [-0.05, 0) is 19.8 Å². The van der Waals surface area contributed by atoms with Crippen LogP contribution in [0.25, 0.3) is 0 Å². The molecule has 0 saturated heterocycles. The second kappa shape index (κ2) is 4.04. The quantitative estimate of drug-likeness (QED) is 0.504. The highest BCUT2D eigenvalue weighted by molar-refractivity contribution is 6.01. The molecular weight excluding hydrogens is 156 g/mol. The molecule has 1 N–H and O–H groups in total. The molecule has 0 aromatic rings. The van der Waals surface area contributed by atoms with Crippen molar-refractivity contribution in [1.29, 1.82) is 0 Å². The molecule has 0 amide bonds. The summed E-state index contributed by atoms with van der Waals surface area (Å²) in [4.78, 5) is 21.9. The molecule has 0 bridgehead atoms. The number of rotatable bonds is 5. The van der Waals surface area contributed by atoms with Crippen LogP contribution in [0.5, 0.6) is 0 Å². The van der Waals surface area contributed by atoms with Crippen LogP contribution in [0.3, 0.4) is 0 Å². The van der Waals surface area contributed by atoms with Crippen LogP contribution < -0.4 is 0 Å². The third-order valence-corrected chi connectivity index (χ3v) is 2.18. The Morgan fingerprint density at radius 3 is 2.17 bits per heavy atom. The van der Waals surface area contributed by atoms with Crippen LogP contribution in [0.1, 0.15) is 26.7 Å². The Morgan fingerprint density at radius 2 is 2.08 bits per heavy atom. The summed E-state index contributed by atoms with van der Waals surface area (Å²) in [5, 5.41) is 8.86. The normalized spacial score (nSPS) is 14.8. The van der Waals surface area contributed by atoms with Crippen molar-refractivity contribution in [2.24, 2.45) is 5.41 Å². The molecule has 1 unspecified atom stereocenters. The van der Waals surface area contributed by atoms with Gasteiger partial charge in [0.05, 0.1) is 0 Å². The highest BCUT2D eigenvalue weighted by Gasteiger charge is 2.40. The first kappa shape index (κ1) is 10.9. The fourth-order valence-corrected chi connectivity index (χ4v) is 1.17. The topological polar surface area (TPSA) is 54.4 Å². The Labute approximate surface area is 72.1 Å². The van der Waals surface area contributed by atoms with E-state index in [1.54, 1.807) is 6.92 Å². The fraction of sp³-hybridized carbons (Fsp3) is 0.556. The molecule has 0 heterocycles. The summed E-state index contributed by atoms with van der Waals surface area (Å²) in [5.74, 6) is -1.37. The van der Waals surface area contributed by atoms with Crippen LogP contribution >= 0.6 is 0 Å². The summed E-state index contributed by atoms with van der Waals surface area (Å²) in [5.41, 5.74) is -1.25. The van der Waals surface area contributed by atoms with Crippen LogP contribution in [0.15, 0.2) is 12.7 Å². The van der Waals surface area contributed by atoms with Gasteiger partial charge in [0.1, 0.15) is 11.2 Å². The molecule has 3 nitrogen and oxygen atoms in total. The maximum Gasteiger partial charge on any atom is 0.317 e. The summed E-state index contributed by atoms with van der Waals surface area (Å²) in [6.45, 7) is 6.44. The second-order valence-corrected chi connectivity index (χ2v) is 2.79. The SMILES string of the molecule is C=CCC(CC)(C(C)=O)C(=O)O. The zero-order valence-corrected chi connectivity index (χ0v) is 7.46. The zero-order chi connectivity index (χ0) is 9.78. The molecular formula is C9H14O3. The third-order valence-electron chi connectivity index (χ3n) is 2.18. The first-order valence-corrected chi connectivity index (χ1v) is 3.86. The Balaban J connectivity index is 4.88. The maximum absolute atomic E-state index is 11.1. The fourth-order valence-electron chi connectivity index (χ4n) is 1.17. The largest absolute Gasteiger partial charge is 0.480 e. The van der Waals surface area contributed by atoms with Crippen molar-refractivity contribution in [3.05, 3.63) is 12.7 Å². The minimum Gasteiger partial charge on any atom is -0.480 e. The van der Waals surface area contributed by atoms with Gasteiger partial charge in [-0.25, -0.2) is 0 Å². The third kappa shape index (κ3) is 1.72. The molecule has 0 aliphatic heterocycles. The molecule has 0 saturated carbocycles. The molecule has 1 atom stereocenters. The number of carbonyl (C=O) groups is 2. The van der Waals surface area contributed by atoms with Crippen molar-refractivity contribution in [2.75, 3.05) is 0 Å². The highest BCUT2D eigenvalue weighted by Crippen LogP contribution is 2.28. The van der Waals surface area contributed by atoms with Gasteiger partial charge in [0, 0.05) is 0 Å². The van der Waals surface area contributed by atoms with Crippen molar-refractivity contribution < 1.29 is 14.7 Å². The Kier molecular flexibility index (Phi) is 3.67. The highest BCUT2D eigenvalue weighted by atomic mass is 16.4. The number of carboxylic acid groups (broad SMARTS) is 1. The summed E-state index contributed by atoms with van der Waals surface area (Å²) in [6.07, 6.45) is 1.98. The standard InChI is InChI=1S/C9H14O3/c1-4-6-9(5-2,7(3)10)8(11)12/h4H,1,5-6H2,2-3H3,(H,11,12).